The molecule has 1 aromatic carbocycles. The number of anilines is 1. The van der Waals surface area contributed by atoms with Crippen molar-refractivity contribution < 1.29 is 9.59 Å². The van der Waals surface area contributed by atoms with Crippen molar-refractivity contribution in [1.82, 2.24) is 24.3 Å². The molecule has 2 unspecified atom stereocenters. The minimum absolute atomic E-state index is 0.144. The number of amides is 3. The number of benzene rings is 1. The van der Waals surface area contributed by atoms with Crippen LogP contribution in [0.1, 0.15) is 26.3 Å². The van der Waals surface area contributed by atoms with Crippen LogP contribution < -0.4 is 22.5 Å². The predicted octanol–water partition coefficient (Wildman–Crippen LogP) is 0.423. The number of piperazine rings is 1. The van der Waals surface area contributed by atoms with Crippen molar-refractivity contribution >= 4 is 17.8 Å². The van der Waals surface area contributed by atoms with Crippen LogP contribution in [-0.4, -0.2) is 86.5 Å². The molecule has 3 atom stereocenters. The van der Waals surface area contributed by atoms with Gasteiger partial charge in [-0.2, -0.15) is 4.98 Å². The zero-order valence-corrected chi connectivity index (χ0v) is 21.6. The Hall–Kier alpha value is -3.28. The molecule has 2 aromatic rings. The molecule has 11 nitrogen and oxygen atoms in total. The molecule has 3 fully saturated rings. The van der Waals surface area contributed by atoms with Gasteiger partial charge in [0.25, 0.3) is 0 Å². The van der Waals surface area contributed by atoms with E-state index in [0.717, 1.165) is 19.6 Å². The summed E-state index contributed by atoms with van der Waals surface area (Å²) in [7, 11) is 0. The summed E-state index contributed by atoms with van der Waals surface area (Å²) in [5.74, 6) is 1.35. The largest absolute Gasteiger partial charge is 0.354 e. The first-order chi connectivity index (χ1) is 17.5. The summed E-state index contributed by atoms with van der Waals surface area (Å²) in [5.41, 5.74) is 12.4. The van der Waals surface area contributed by atoms with Gasteiger partial charge in [0, 0.05) is 57.5 Å². The third-order valence-corrected chi connectivity index (χ3v) is 7.72. The molecule has 3 heterocycles. The van der Waals surface area contributed by atoms with E-state index >= 15 is 0 Å². The van der Waals surface area contributed by atoms with Gasteiger partial charge in [0.05, 0.1) is 11.2 Å². The SMILES string of the molecule is C[C@H]1CN(C(=O)C(C)(C)N)CCN1C(=O)Nc1ccn(-c2ccc(CN3CC4C(N)C4C3)cc2)c(=O)n1. The standard InChI is InChI=1S/C26H36N8O3/c1-16-12-32(23(35)26(2,3)28)10-11-33(16)24(36)29-21-8-9-34(25(37)30-21)18-6-4-17(5-7-18)13-31-14-19-20(15-31)22(19)27/h4-9,16,19-20,22H,10-15,27-28H2,1-3H3,(H,29,30,36,37)/t16-,19?,20?,22?/m0/s1. The smallest absolute Gasteiger partial charge is 0.337 e. The Balaban J connectivity index is 1.17. The quantitative estimate of drug-likeness (QED) is 0.531. The topological polar surface area (TPSA) is 143 Å². The highest BCUT2D eigenvalue weighted by molar-refractivity contribution is 5.89. The lowest BCUT2D eigenvalue weighted by Crippen LogP contribution is -2.61. The summed E-state index contributed by atoms with van der Waals surface area (Å²) >= 11 is 0. The third kappa shape index (κ3) is 5.25. The van der Waals surface area contributed by atoms with Crippen LogP contribution in [0.5, 0.6) is 0 Å². The molecule has 0 bridgehead atoms. The maximum Gasteiger partial charge on any atom is 0.354 e. The van der Waals surface area contributed by atoms with Crippen molar-refractivity contribution in [2.24, 2.45) is 23.3 Å². The highest BCUT2D eigenvalue weighted by Gasteiger charge is 2.53. The molecule has 0 spiro atoms. The van der Waals surface area contributed by atoms with Gasteiger partial charge < -0.3 is 21.3 Å². The van der Waals surface area contributed by atoms with Gasteiger partial charge in [-0.05, 0) is 56.4 Å². The van der Waals surface area contributed by atoms with Crippen molar-refractivity contribution in [1.29, 1.82) is 0 Å². The molecular formula is C26H36N8O3. The average Bonchev–Trinajstić information content (AvgIpc) is 3.23. The van der Waals surface area contributed by atoms with Gasteiger partial charge in [-0.25, -0.2) is 9.59 Å². The number of carbonyl (C=O) groups is 2. The number of hydrogen-bond acceptors (Lipinski definition) is 7. The van der Waals surface area contributed by atoms with Crippen LogP contribution in [0.2, 0.25) is 0 Å². The first kappa shape index (κ1) is 25.4. The molecule has 2 saturated heterocycles. The Bertz CT molecular complexity index is 1230. The van der Waals surface area contributed by atoms with Crippen molar-refractivity contribution in [3.05, 3.63) is 52.6 Å². The Labute approximate surface area is 216 Å². The van der Waals surface area contributed by atoms with E-state index < -0.39 is 11.2 Å². The predicted molar refractivity (Wildman–Crippen MR) is 140 cm³/mol. The first-order valence-electron chi connectivity index (χ1n) is 12.8. The highest BCUT2D eigenvalue weighted by Crippen LogP contribution is 2.44. The number of nitrogens with two attached hydrogens (primary N) is 2. The lowest BCUT2D eigenvalue weighted by atomic mass is 10.0. The maximum atomic E-state index is 12.9. The van der Waals surface area contributed by atoms with E-state index in [0.29, 0.717) is 43.2 Å². The molecular weight excluding hydrogens is 472 g/mol. The van der Waals surface area contributed by atoms with Crippen LogP contribution in [0.4, 0.5) is 10.6 Å². The molecule has 5 N–H and O–H groups in total. The number of rotatable bonds is 5. The second kappa shape index (κ2) is 9.55. The Morgan fingerprint density at radius 1 is 1.08 bits per heavy atom. The van der Waals surface area contributed by atoms with E-state index in [1.807, 2.05) is 31.2 Å². The van der Waals surface area contributed by atoms with Crippen molar-refractivity contribution in [3.63, 3.8) is 0 Å². The van der Waals surface area contributed by atoms with Gasteiger partial charge in [0.1, 0.15) is 5.82 Å². The van der Waals surface area contributed by atoms with E-state index in [2.05, 4.69) is 15.2 Å². The number of carbonyl (C=O) groups excluding carboxylic acids is 2. The van der Waals surface area contributed by atoms with Crippen LogP contribution in [-0.2, 0) is 11.3 Å². The zero-order chi connectivity index (χ0) is 26.5. The van der Waals surface area contributed by atoms with Gasteiger partial charge in [0.15, 0.2) is 0 Å². The summed E-state index contributed by atoms with van der Waals surface area (Å²) in [6.07, 6.45) is 1.61. The molecule has 2 aliphatic heterocycles. The Morgan fingerprint density at radius 3 is 2.35 bits per heavy atom. The number of nitrogens with zero attached hydrogens (tertiary/aromatic N) is 5. The van der Waals surface area contributed by atoms with E-state index in [1.165, 1.54) is 10.1 Å². The fourth-order valence-corrected chi connectivity index (χ4v) is 5.51. The minimum atomic E-state index is -0.957. The lowest BCUT2D eigenvalue weighted by Gasteiger charge is -2.41. The van der Waals surface area contributed by atoms with E-state index in [-0.39, 0.29) is 23.8 Å². The molecule has 198 valence electrons. The maximum absolute atomic E-state index is 12.9. The van der Waals surface area contributed by atoms with Gasteiger partial charge in [0.2, 0.25) is 5.91 Å². The monoisotopic (exact) mass is 508 g/mol. The molecule has 3 aliphatic rings. The fourth-order valence-electron chi connectivity index (χ4n) is 5.51. The summed E-state index contributed by atoms with van der Waals surface area (Å²) in [6.45, 7) is 9.37. The number of piperidine rings is 1. The number of hydrogen-bond donors (Lipinski definition) is 3. The fraction of sp³-hybridized carbons (Fsp3) is 0.538. The Kier molecular flexibility index (Phi) is 6.55. The Morgan fingerprint density at radius 2 is 1.76 bits per heavy atom. The van der Waals surface area contributed by atoms with Gasteiger partial charge >= 0.3 is 11.7 Å². The average molecular weight is 509 g/mol. The molecule has 5 rings (SSSR count). The number of likely N-dealkylation sites (tertiary alicyclic amines) is 1. The van der Waals surface area contributed by atoms with E-state index in [1.54, 1.807) is 35.9 Å². The molecule has 11 heteroatoms. The van der Waals surface area contributed by atoms with Crippen LogP contribution in [0.3, 0.4) is 0 Å². The molecule has 1 aliphatic carbocycles. The van der Waals surface area contributed by atoms with Gasteiger partial charge in [-0.15, -0.1) is 0 Å². The summed E-state index contributed by atoms with van der Waals surface area (Å²) < 4.78 is 1.45. The lowest BCUT2D eigenvalue weighted by molar-refractivity contribution is -0.138. The number of urea groups is 1. The van der Waals surface area contributed by atoms with E-state index in [4.69, 9.17) is 11.5 Å². The number of aromatic nitrogens is 2. The minimum Gasteiger partial charge on any atom is -0.337 e. The van der Waals surface area contributed by atoms with Crippen LogP contribution in [0, 0.1) is 11.8 Å². The second-order valence-corrected chi connectivity index (χ2v) is 11.2. The second-order valence-electron chi connectivity index (χ2n) is 11.2. The molecule has 1 aromatic heterocycles. The van der Waals surface area contributed by atoms with Gasteiger partial charge in [-0.1, -0.05) is 12.1 Å². The molecule has 3 amide bonds. The first-order valence-corrected chi connectivity index (χ1v) is 12.8. The van der Waals surface area contributed by atoms with Crippen LogP contribution in [0.25, 0.3) is 5.69 Å². The highest BCUT2D eigenvalue weighted by atomic mass is 16.2. The number of nitrogens with one attached hydrogen (secondary N) is 1. The van der Waals surface area contributed by atoms with E-state index in [9.17, 15) is 14.4 Å². The summed E-state index contributed by atoms with van der Waals surface area (Å²) in [5, 5.41) is 2.72. The summed E-state index contributed by atoms with van der Waals surface area (Å²) in [6, 6.07) is 9.29. The molecule has 37 heavy (non-hydrogen) atoms. The summed E-state index contributed by atoms with van der Waals surface area (Å²) in [4.78, 5) is 47.9. The van der Waals surface area contributed by atoms with Crippen molar-refractivity contribution in [2.45, 2.75) is 44.9 Å². The van der Waals surface area contributed by atoms with Crippen molar-refractivity contribution in [3.8, 4) is 5.69 Å². The van der Waals surface area contributed by atoms with Crippen LogP contribution in [0.15, 0.2) is 41.3 Å². The van der Waals surface area contributed by atoms with Crippen molar-refractivity contribution in [2.75, 3.05) is 38.0 Å². The molecule has 1 saturated carbocycles. The van der Waals surface area contributed by atoms with Crippen LogP contribution >= 0.6 is 0 Å². The normalized spacial score (nSPS) is 25.6. The third-order valence-electron chi connectivity index (χ3n) is 7.72. The molecule has 0 radical (unpaired) electrons. The van der Waals surface area contributed by atoms with Gasteiger partial charge in [-0.3, -0.25) is 19.6 Å². The zero-order valence-electron chi connectivity index (χ0n) is 21.6. The number of fused-ring (bicyclic) bond motifs is 1.